The molecule has 4 nitrogen and oxygen atoms in total. The van der Waals surface area contributed by atoms with Crippen molar-refractivity contribution in [1.82, 2.24) is 0 Å². The van der Waals surface area contributed by atoms with E-state index in [-0.39, 0.29) is 18.5 Å². The summed E-state index contributed by atoms with van der Waals surface area (Å²) in [5.74, 6) is 0.763. The number of Topliss-reactive ketones (excluding diaryl/α,β-unsaturated/α-hetero) is 1. The minimum atomic E-state index is -0.380. The number of carbonyl (C=O) groups is 1. The second-order valence-electron chi connectivity index (χ2n) is 3.53. The maximum absolute atomic E-state index is 11.8. The molecule has 1 aromatic rings. The van der Waals surface area contributed by atoms with Crippen LogP contribution in [0.1, 0.15) is 16.8 Å². The summed E-state index contributed by atoms with van der Waals surface area (Å²) in [6.07, 6.45) is -0.110. The second kappa shape index (κ2) is 5.09. The van der Waals surface area contributed by atoms with Gasteiger partial charge in [0.1, 0.15) is 5.75 Å². The molecule has 1 aliphatic heterocycles. The fraction of sp³-hybridized carbons (Fsp3) is 0.417. The van der Waals surface area contributed by atoms with Gasteiger partial charge in [-0.05, 0) is 24.3 Å². The molecule has 0 aliphatic carbocycles. The lowest BCUT2D eigenvalue weighted by Crippen LogP contribution is -2.14. The van der Waals surface area contributed by atoms with E-state index in [2.05, 4.69) is 0 Å². The van der Waals surface area contributed by atoms with Crippen molar-refractivity contribution in [3.05, 3.63) is 29.8 Å². The molecular formula is C12H14O4. The third-order valence-corrected chi connectivity index (χ3v) is 2.45. The minimum Gasteiger partial charge on any atom is -0.497 e. The van der Waals surface area contributed by atoms with Gasteiger partial charge in [0.25, 0.3) is 0 Å². The van der Waals surface area contributed by atoms with Gasteiger partial charge in [-0.3, -0.25) is 4.79 Å². The van der Waals surface area contributed by atoms with Gasteiger partial charge in [-0.25, -0.2) is 0 Å². The van der Waals surface area contributed by atoms with Gasteiger partial charge in [0, 0.05) is 5.56 Å². The first kappa shape index (κ1) is 11.1. The zero-order valence-electron chi connectivity index (χ0n) is 9.14. The van der Waals surface area contributed by atoms with Gasteiger partial charge in [-0.15, -0.1) is 0 Å². The topological polar surface area (TPSA) is 44.8 Å². The highest BCUT2D eigenvalue weighted by Gasteiger charge is 2.20. The van der Waals surface area contributed by atoms with Crippen LogP contribution >= 0.6 is 0 Å². The van der Waals surface area contributed by atoms with Gasteiger partial charge in [-0.2, -0.15) is 0 Å². The summed E-state index contributed by atoms with van der Waals surface area (Å²) in [6.45, 7) is 1.14. The predicted molar refractivity (Wildman–Crippen MR) is 57.6 cm³/mol. The fourth-order valence-corrected chi connectivity index (χ4v) is 1.57. The summed E-state index contributed by atoms with van der Waals surface area (Å²) < 4.78 is 15.5. The maximum Gasteiger partial charge on any atom is 0.167 e. The third kappa shape index (κ3) is 2.59. The van der Waals surface area contributed by atoms with E-state index in [0.717, 1.165) is 5.75 Å². The van der Waals surface area contributed by atoms with Gasteiger partial charge in [0.05, 0.1) is 26.7 Å². The fourth-order valence-electron chi connectivity index (χ4n) is 1.57. The summed E-state index contributed by atoms with van der Waals surface area (Å²) in [7, 11) is 1.59. The van der Waals surface area contributed by atoms with Crippen LogP contribution in [0.4, 0.5) is 0 Å². The van der Waals surface area contributed by atoms with Crippen LogP contribution in [0.3, 0.4) is 0 Å². The van der Waals surface area contributed by atoms with Crippen LogP contribution in [0.2, 0.25) is 0 Å². The molecule has 0 N–H and O–H groups in total. The number of carbonyl (C=O) groups excluding carboxylic acids is 1. The van der Waals surface area contributed by atoms with E-state index in [0.29, 0.717) is 18.8 Å². The Bertz CT molecular complexity index is 352. The van der Waals surface area contributed by atoms with E-state index < -0.39 is 0 Å². The van der Waals surface area contributed by atoms with Crippen molar-refractivity contribution in [2.75, 3.05) is 20.3 Å². The summed E-state index contributed by atoms with van der Waals surface area (Å²) in [5.41, 5.74) is 0.653. The molecule has 0 unspecified atom stereocenters. The van der Waals surface area contributed by atoms with Crippen LogP contribution in [-0.4, -0.2) is 32.4 Å². The zero-order chi connectivity index (χ0) is 11.4. The van der Waals surface area contributed by atoms with Crippen molar-refractivity contribution in [2.45, 2.75) is 12.7 Å². The highest BCUT2D eigenvalue weighted by molar-refractivity contribution is 5.96. The maximum atomic E-state index is 11.8. The highest BCUT2D eigenvalue weighted by Crippen LogP contribution is 2.15. The lowest BCUT2D eigenvalue weighted by Gasteiger charge is -2.08. The van der Waals surface area contributed by atoms with Crippen LogP contribution in [0.25, 0.3) is 0 Å². The Morgan fingerprint density at radius 1 is 1.31 bits per heavy atom. The first-order valence-electron chi connectivity index (χ1n) is 5.20. The molecule has 1 fully saturated rings. The van der Waals surface area contributed by atoms with Crippen molar-refractivity contribution >= 4 is 5.78 Å². The molecule has 1 aromatic carbocycles. The molecule has 0 saturated carbocycles. The van der Waals surface area contributed by atoms with Crippen LogP contribution in [-0.2, 0) is 9.47 Å². The van der Waals surface area contributed by atoms with Crippen molar-refractivity contribution in [3.8, 4) is 5.75 Å². The smallest absolute Gasteiger partial charge is 0.167 e. The summed E-state index contributed by atoms with van der Waals surface area (Å²) in [4.78, 5) is 11.8. The standard InChI is InChI=1S/C12H14O4/c1-14-10-4-2-9(3-5-10)11(13)8-12-15-6-7-16-12/h2-5,12H,6-8H2,1H3. The molecule has 0 bridgehead atoms. The van der Waals surface area contributed by atoms with Crippen molar-refractivity contribution < 1.29 is 19.0 Å². The summed E-state index contributed by atoms with van der Waals surface area (Å²) >= 11 is 0. The monoisotopic (exact) mass is 222 g/mol. The third-order valence-electron chi connectivity index (χ3n) is 2.45. The van der Waals surface area contributed by atoms with Crippen LogP contribution in [0, 0.1) is 0 Å². The Balaban J connectivity index is 1.97. The van der Waals surface area contributed by atoms with Crippen molar-refractivity contribution in [3.63, 3.8) is 0 Å². The molecule has 16 heavy (non-hydrogen) atoms. The first-order valence-corrected chi connectivity index (χ1v) is 5.20. The molecule has 0 aromatic heterocycles. The van der Waals surface area contributed by atoms with E-state index in [9.17, 15) is 4.79 Å². The molecule has 0 spiro atoms. The Hall–Kier alpha value is -1.39. The van der Waals surface area contributed by atoms with E-state index >= 15 is 0 Å². The number of hydrogen-bond donors (Lipinski definition) is 0. The van der Waals surface area contributed by atoms with Crippen LogP contribution < -0.4 is 4.74 Å². The lowest BCUT2D eigenvalue weighted by molar-refractivity contribution is -0.0407. The number of benzene rings is 1. The van der Waals surface area contributed by atoms with Gasteiger partial charge in [0.15, 0.2) is 12.1 Å². The molecule has 0 amide bonds. The average molecular weight is 222 g/mol. The SMILES string of the molecule is COc1ccc(C(=O)CC2OCCO2)cc1. The molecule has 1 saturated heterocycles. The summed E-state index contributed by atoms with van der Waals surface area (Å²) in [5, 5.41) is 0. The Morgan fingerprint density at radius 2 is 1.94 bits per heavy atom. The number of rotatable bonds is 4. The van der Waals surface area contributed by atoms with E-state index in [4.69, 9.17) is 14.2 Å². The molecule has 4 heteroatoms. The Kier molecular flexibility index (Phi) is 3.54. The minimum absolute atomic E-state index is 0.0227. The normalized spacial score (nSPS) is 16.3. The van der Waals surface area contributed by atoms with E-state index in [1.807, 2.05) is 0 Å². The molecular weight excluding hydrogens is 208 g/mol. The number of ketones is 1. The lowest BCUT2D eigenvalue weighted by atomic mass is 10.1. The van der Waals surface area contributed by atoms with E-state index in [1.54, 1.807) is 31.4 Å². The van der Waals surface area contributed by atoms with Gasteiger partial charge >= 0.3 is 0 Å². The molecule has 1 heterocycles. The zero-order valence-corrected chi connectivity index (χ0v) is 9.14. The van der Waals surface area contributed by atoms with Crippen molar-refractivity contribution in [1.29, 1.82) is 0 Å². The van der Waals surface area contributed by atoms with Crippen LogP contribution in [0.15, 0.2) is 24.3 Å². The van der Waals surface area contributed by atoms with Gasteiger partial charge < -0.3 is 14.2 Å². The number of methoxy groups -OCH3 is 1. The quantitative estimate of drug-likeness (QED) is 0.726. The second-order valence-corrected chi connectivity index (χ2v) is 3.53. The summed E-state index contributed by atoms with van der Waals surface area (Å²) in [6, 6.07) is 7.03. The molecule has 1 aliphatic rings. The number of hydrogen-bond acceptors (Lipinski definition) is 4. The molecule has 0 atom stereocenters. The largest absolute Gasteiger partial charge is 0.497 e. The van der Waals surface area contributed by atoms with Crippen molar-refractivity contribution in [2.24, 2.45) is 0 Å². The molecule has 2 rings (SSSR count). The highest BCUT2D eigenvalue weighted by atomic mass is 16.7. The van der Waals surface area contributed by atoms with Gasteiger partial charge in [-0.1, -0.05) is 0 Å². The average Bonchev–Trinajstić information content (AvgIpc) is 2.82. The van der Waals surface area contributed by atoms with Gasteiger partial charge in [0.2, 0.25) is 0 Å². The first-order chi connectivity index (χ1) is 7.79. The van der Waals surface area contributed by atoms with E-state index in [1.165, 1.54) is 0 Å². The predicted octanol–water partition coefficient (Wildman–Crippen LogP) is 1.64. The molecule has 0 radical (unpaired) electrons. The molecule has 86 valence electrons. The Morgan fingerprint density at radius 3 is 2.50 bits per heavy atom. The number of ether oxygens (including phenoxy) is 3. The van der Waals surface area contributed by atoms with Crippen LogP contribution in [0.5, 0.6) is 5.75 Å². The Labute approximate surface area is 94.1 Å².